The molecule has 0 aromatic carbocycles. The van der Waals surface area contributed by atoms with Crippen LogP contribution in [0.5, 0.6) is 0 Å². The Morgan fingerprint density at radius 3 is 1.44 bits per heavy atom. The van der Waals surface area contributed by atoms with Gasteiger partial charge >= 0.3 is 59.2 Å². The van der Waals surface area contributed by atoms with Crippen LogP contribution in [0, 0.1) is 10.7 Å². The van der Waals surface area contributed by atoms with Crippen molar-refractivity contribution in [3.8, 4) is 5.40 Å². The van der Waals surface area contributed by atoms with Gasteiger partial charge in [0.1, 0.15) is 0 Å². The fourth-order valence-electron chi connectivity index (χ4n) is 0. The van der Waals surface area contributed by atoms with Gasteiger partial charge in [-0.25, -0.2) is 9.83 Å². The van der Waals surface area contributed by atoms with Crippen molar-refractivity contribution in [2.24, 2.45) is 0 Å². The quantitative estimate of drug-likeness (QED) is 0.158. The van der Waals surface area contributed by atoms with E-state index >= 15 is 0 Å². The third-order valence-electron chi connectivity index (χ3n) is 0. The Hall–Kier alpha value is 1.46. The first kappa shape index (κ1) is 16.8. The maximum Gasteiger partial charge on any atom is 1.00 e. The van der Waals surface area contributed by atoms with Gasteiger partial charge in [-0.3, -0.25) is 0 Å². The van der Waals surface area contributed by atoms with Crippen LogP contribution in [-0.2, 0) is 17.2 Å². The number of nitriles is 1. The zero-order valence-corrected chi connectivity index (χ0v) is 9.39. The van der Waals surface area contributed by atoms with Crippen LogP contribution in [0.4, 0.5) is 0 Å². The molecule has 0 atom stereocenters. The first-order chi connectivity index (χ1) is 3.41. The van der Waals surface area contributed by atoms with Gasteiger partial charge in [-0.15, -0.1) is 0 Å². The maximum absolute atomic E-state index is 8.88. The molecule has 9 heavy (non-hydrogen) atoms. The Morgan fingerprint density at radius 2 is 1.44 bits per heavy atom. The SMILES string of the molecule is N#C[S-].O=P(O)(O)O.[K+]. The monoisotopic (exact) mass is 195 g/mol. The molecular weight excluding hydrogens is 192 g/mol. The van der Waals surface area contributed by atoms with Crippen LogP contribution < -0.4 is 51.4 Å². The fraction of sp³-hybridized carbons (Fsp3) is 0. The Bertz CT molecular complexity index is 119. The van der Waals surface area contributed by atoms with Gasteiger partial charge in [0, 0.05) is 0 Å². The van der Waals surface area contributed by atoms with Gasteiger partial charge in [-0.2, -0.15) is 0 Å². The zero-order valence-electron chi connectivity index (χ0n) is 4.55. The smallest absolute Gasteiger partial charge is 0.696 e. The molecule has 0 unspecified atom stereocenters. The van der Waals surface area contributed by atoms with E-state index in [4.69, 9.17) is 24.5 Å². The van der Waals surface area contributed by atoms with Gasteiger partial charge in [-0.1, -0.05) is 5.40 Å². The summed E-state index contributed by atoms with van der Waals surface area (Å²) in [5.74, 6) is 0. The molecular formula is CH3KNO4PS. The van der Waals surface area contributed by atoms with E-state index in [0.717, 1.165) is 0 Å². The standard InChI is InChI=1S/CHNS.K.H3O4P/c2-1-3;;1-5(2,3)4/h3H;;(H3,1,2,3,4)/q;+1;/p-1. The van der Waals surface area contributed by atoms with Gasteiger partial charge in [0.15, 0.2) is 0 Å². The van der Waals surface area contributed by atoms with Crippen molar-refractivity contribution >= 4 is 20.5 Å². The van der Waals surface area contributed by atoms with Crippen molar-refractivity contribution in [2.45, 2.75) is 0 Å². The fourth-order valence-corrected chi connectivity index (χ4v) is 0. The molecule has 0 aliphatic rings. The molecule has 0 heterocycles. The molecule has 0 fully saturated rings. The minimum Gasteiger partial charge on any atom is -0.696 e. The normalized spacial score (nSPS) is 7.33. The topological polar surface area (TPSA) is 102 Å². The molecule has 0 spiro atoms. The molecule has 0 saturated carbocycles. The maximum atomic E-state index is 8.88. The Balaban J connectivity index is -0.0000000800. The van der Waals surface area contributed by atoms with Gasteiger partial charge in [0.25, 0.3) is 0 Å². The molecule has 0 amide bonds. The van der Waals surface area contributed by atoms with Crippen LogP contribution in [0.1, 0.15) is 0 Å². The number of hydrogen-bond acceptors (Lipinski definition) is 3. The molecule has 0 saturated heterocycles. The molecule has 5 nitrogen and oxygen atoms in total. The van der Waals surface area contributed by atoms with Crippen LogP contribution in [0.2, 0.25) is 0 Å². The molecule has 0 radical (unpaired) electrons. The zero-order chi connectivity index (χ0) is 7.21. The largest absolute Gasteiger partial charge is 1.00 e. The minimum atomic E-state index is -4.64. The van der Waals surface area contributed by atoms with E-state index in [1.54, 1.807) is 0 Å². The summed E-state index contributed by atoms with van der Waals surface area (Å²) in [4.78, 5) is 21.6. The van der Waals surface area contributed by atoms with Crippen LogP contribution >= 0.6 is 7.82 Å². The van der Waals surface area contributed by atoms with Gasteiger partial charge in [-0.05, 0) is 0 Å². The second-order valence-electron chi connectivity index (χ2n) is 0.605. The first-order valence-electron chi connectivity index (χ1n) is 1.21. The summed E-state index contributed by atoms with van der Waals surface area (Å²) in [7, 11) is -4.64. The summed E-state index contributed by atoms with van der Waals surface area (Å²) in [6, 6.07) is 0. The van der Waals surface area contributed by atoms with Crippen molar-refractivity contribution in [1.29, 1.82) is 5.26 Å². The number of hydrogen-bond donors (Lipinski definition) is 3. The molecule has 0 aromatic heterocycles. The average Bonchev–Trinajstić information content (AvgIpc) is 1.27. The Labute approximate surface area is 100 Å². The molecule has 0 aliphatic carbocycles. The van der Waals surface area contributed by atoms with Crippen molar-refractivity contribution in [2.75, 3.05) is 0 Å². The van der Waals surface area contributed by atoms with Crippen molar-refractivity contribution < 1.29 is 70.6 Å². The summed E-state index contributed by atoms with van der Waals surface area (Å²) in [5, 5.41) is 8.47. The average molecular weight is 195 g/mol. The van der Waals surface area contributed by atoms with Gasteiger partial charge in [0.05, 0.1) is 0 Å². The molecule has 8 heteroatoms. The van der Waals surface area contributed by atoms with Crippen LogP contribution in [-0.4, -0.2) is 14.7 Å². The number of phosphoric acid groups is 1. The molecule has 3 N–H and O–H groups in total. The number of nitrogens with zero attached hydrogens (tertiary/aromatic N) is 1. The van der Waals surface area contributed by atoms with Gasteiger partial charge in [0.2, 0.25) is 0 Å². The van der Waals surface area contributed by atoms with E-state index in [-0.39, 0.29) is 51.4 Å². The summed E-state index contributed by atoms with van der Waals surface area (Å²) in [6.07, 6.45) is 0. The van der Waals surface area contributed by atoms with Gasteiger partial charge < -0.3 is 27.3 Å². The van der Waals surface area contributed by atoms with E-state index in [9.17, 15) is 0 Å². The predicted octanol–water partition coefficient (Wildman–Crippen LogP) is -3.91. The first-order valence-corrected chi connectivity index (χ1v) is 3.18. The predicted molar refractivity (Wildman–Crippen MR) is 27.2 cm³/mol. The Morgan fingerprint density at radius 1 is 1.44 bits per heavy atom. The van der Waals surface area contributed by atoms with Crippen molar-refractivity contribution in [3.05, 3.63) is 0 Å². The van der Waals surface area contributed by atoms with E-state index in [1.165, 1.54) is 5.40 Å². The van der Waals surface area contributed by atoms with E-state index < -0.39 is 7.82 Å². The Kier molecular flexibility index (Phi) is 17.7. The third kappa shape index (κ3) is 248. The second-order valence-corrected chi connectivity index (χ2v) is 1.81. The molecule has 0 bridgehead atoms. The van der Waals surface area contributed by atoms with Crippen molar-refractivity contribution in [3.63, 3.8) is 0 Å². The molecule has 0 aliphatic heterocycles. The van der Waals surface area contributed by atoms with Crippen LogP contribution in [0.15, 0.2) is 0 Å². The number of thiocyanates is 1. The molecule has 0 rings (SSSR count). The van der Waals surface area contributed by atoms with E-state index in [2.05, 4.69) is 12.6 Å². The minimum absolute atomic E-state index is 0. The third-order valence-corrected chi connectivity index (χ3v) is 0. The second kappa shape index (κ2) is 9.46. The molecule has 0 aromatic rings. The van der Waals surface area contributed by atoms with E-state index in [1.807, 2.05) is 0 Å². The summed E-state index contributed by atoms with van der Waals surface area (Å²) >= 11 is 3.70. The van der Waals surface area contributed by atoms with Crippen LogP contribution in [0.3, 0.4) is 0 Å². The molecule has 48 valence electrons. The van der Waals surface area contributed by atoms with E-state index in [0.29, 0.717) is 0 Å². The van der Waals surface area contributed by atoms with Crippen LogP contribution in [0.25, 0.3) is 0 Å². The van der Waals surface area contributed by atoms with Crippen molar-refractivity contribution in [1.82, 2.24) is 0 Å². The number of rotatable bonds is 0. The summed E-state index contributed by atoms with van der Waals surface area (Å²) in [5.41, 5.74) is 0. The summed E-state index contributed by atoms with van der Waals surface area (Å²) < 4.78 is 8.88. The summed E-state index contributed by atoms with van der Waals surface area (Å²) in [6.45, 7) is 0.